The summed E-state index contributed by atoms with van der Waals surface area (Å²) in [6.45, 7) is 1.10. The van der Waals surface area contributed by atoms with Crippen LogP contribution in [-0.4, -0.2) is 29.7 Å². The molecular formula is C23H21NO4. The molecule has 1 aliphatic heterocycles. The number of benzene rings is 2. The van der Waals surface area contributed by atoms with Crippen LogP contribution >= 0.6 is 0 Å². The highest BCUT2D eigenvalue weighted by Gasteiger charge is 2.29. The van der Waals surface area contributed by atoms with Crippen molar-refractivity contribution in [1.29, 1.82) is 0 Å². The highest BCUT2D eigenvalue weighted by atomic mass is 16.5. The number of Topliss-reactive ketones (excluding diaryl/α,β-unsaturated/α-hetero) is 1. The number of nitrogens with zero attached hydrogens (tertiary/aromatic N) is 1. The number of carbonyl (C=O) groups is 2. The van der Waals surface area contributed by atoms with Gasteiger partial charge in [0.25, 0.3) is 5.91 Å². The van der Waals surface area contributed by atoms with Gasteiger partial charge < -0.3 is 14.1 Å². The van der Waals surface area contributed by atoms with Crippen molar-refractivity contribution in [3.05, 3.63) is 84.3 Å². The van der Waals surface area contributed by atoms with E-state index >= 15 is 0 Å². The molecule has 2 heterocycles. The molecule has 1 saturated heterocycles. The molecule has 2 aromatic carbocycles. The van der Waals surface area contributed by atoms with Crippen LogP contribution in [-0.2, 0) is 0 Å². The van der Waals surface area contributed by atoms with Crippen molar-refractivity contribution in [1.82, 2.24) is 4.90 Å². The summed E-state index contributed by atoms with van der Waals surface area (Å²) < 4.78 is 10.8. The van der Waals surface area contributed by atoms with Crippen molar-refractivity contribution in [3.8, 4) is 11.5 Å². The Balaban J connectivity index is 1.41. The number of hydrogen-bond donors (Lipinski definition) is 0. The molecule has 3 aromatic rings. The second-order valence-corrected chi connectivity index (χ2v) is 6.91. The van der Waals surface area contributed by atoms with Crippen LogP contribution in [0.25, 0.3) is 0 Å². The Labute approximate surface area is 163 Å². The Morgan fingerprint density at radius 3 is 2.39 bits per heavy atom. The Morgan fingerprint density at radius 1 is 0.929 bits per heavy atom. The summed E-state index contributed by atoms with van der Waals surface area (Å²) in [6.07, 6.45) is 4.53. The van der Waals surface area contributed by atoms with Gasteiger partial charge in [0.2, 0.25) is 0 Å². The van der Waals surface area contributed by atoms with Crippen molar-refractivity contribution >= 4 is 11.7 Å². The molecule has 28 heavy (non-hydrogen) atoms. The third-order valence-corrected chi connectivity index (χ3v) is 4.97. The zero-order chi connectivity index (χ0) is 19.3. The number of para-hydroxylation sites is 1. The Bertz CT molecular complexity index is 933. The molecule has 1 atom stereocenters. The van der Waals surface area contributed by atoms with Crippen molar-refractivity contribution in [2.75, 3.05) is 13.1 Å². The highest BCUT2D eigenvalue weighted by Crippen LogP contribution is 2.25. The lowest BCUT2D eigenvalue weighted by Crippen LogP contribution is -2.42. The van der Waals surface area contributed by atoms with Gasteiger partial charge in [-0.1, -0.05) is 18.2 Å². The van der Waals surface area contributed by atoms with E-state index in [9.17, 15) is 9.59 Å². The molecular weight excluding hydrogens is 354 g/mol. The SMILES string of the molecule is O=C(c1ccc(Oc2ccccc2)cc1)[C@@H]1CCCN(C(=O)c2ccoc2)C1. The monoisotopic (exact) mass is 375 g/mol. The van der Waals surface area contributed by atoms with Crippen LogP contribution in [0, 0.1) is 5.92 Å². The third-order valence-electron chi connectivity index (χ3n) is 4.97. The zero-order valence-corrected chi connectivity index (χ0v) is 15.4. The van der Waals surface area contributed by atoms with Gasteiger partial charge in [-0.15, -0.1) is 0 Å². The molecule has 0 aliphatic carbocycles. The van der Waals surface area contributed by atoms with E-state index in [0.29, 0.717) is 30.0 Å². The van der Waals surface area contributed by atoms with E-state index in [2.05, 4.69) is 0 Å². The Kier molecular flexibility index (Phi) is 5.24. The van der Waals surface area contributed by atoms with Crippen LogP contribution in [0.5, 0.6) is 11.5 Å². The molecule has 1 aromatic heterocycles. The lowest BCUT2D eigenvalue weighted by Gasteiger charge is -2.31. The van der Waals surface area contributed by atoms with E-state index in [-0.39, 0.29) is 17.6 Å². The van der Waals surface area contributed by atoms with E-state index in [4.69, 9.17) is 9.15 Å². The van der Waals surface area contributed by atoms with Gasteiger partial charge in [-0.25, -0.2) is 0 Å². The number of ether oxygens (including phenoxy) is 1. The van der Waals surface area contributed by atoms with Crippen LogP contribution in [0.15, 0.2) is 77.6 Å². The molecule has 0 radical (unpaired) electrons. The average Bonchev–Trinajstić information content (AvgIpc) is 3.29. The molecule has 0 spiro atoms. The highest BCUT2D eigenvalue weighted by molar-refractivity contribution is 5.99. The number of rotatable bonds is 5. The van der Waals surface area contributed by atoms with E-state index in [1.807, 2.05) is 30.3 Å². The van der Waals surface area contributed by atoms with Gasteiger partial charge in [0, 0.05) is 24.6 Å². The summed E-state index contributed by atoms with van der Waals surface area (Å²) in [6, 6.07) is 18.3. The van der Waals surface area contributed by atoms with Crippen LogP contribution in [0.3, 0.4) is 0 Å². The van der Waals surface area contributed by atoms with E-state index in [1.54, 1.807) is 35.2 Å². The fourth-order valence-electron chi connectivity index (χ4n) is 3.49. The first-order valence-corrected chi connectivity index (χ1v) is 9.39. The molecule has 5 heteroatoms. The number of piperidine rings is 1. The number of furan rings is 1. The van der Waals surface area contributed by atoms with Crippen LogP contribution in [0.4, 0.5) is 0 Å². The molecule has 142 valence electrons. The molecule has 0 saturated carbocycles. The van der Waals surface area contributed by atoms with Crippen molar-refractivity contribution in [2.45, 2.75) is 12.8 Å². The van der Waals surface area contributed by atoms with Gasteiger partial charge in [0.15, 0.2) is 5.78 Å². The fraction of sp³-hybridized carbons (Fsp3) is 0.217. The molecule has 1 amide bonds. The number of amides is 1. The second-order valence-electron chi connectivity index (χ2n) is 6.91. The van der Waals surface area contributed by atoms with Crippen LogP contribution in [0.1, 0.15) is 33.6 Å². The zero-order valence-electron chi connectivity index (χ0n) is 15.4. The summed E-state index contributed by atoms with van der Waals surface area (Å²) >= 11 is 0. The Hall–Kier alpha value is -3.34. The first kappa shape index (κ1) is 18.0. The predicted molar refractivity (Wildman–Crippen MR) is 105 cm³/mol. The Morgan fingerprint density at radius 2 is 1.68 bits per heavy atom. The number of hydrogen-bond acceptors (Lipinski definition) is 4. The lowest BCUT2D eigenvalue weighted by atomic mass is 9.89. The molecule has 4 rings (SSSR count). The quantitative estimate of drug-likeness (QED) is 0.601. The molecule has 1 fully saturated rings. The molecule has 0 N–H and O–H groups in total. The van der Waals surface area contributed by atoms with Gasteiger partial charge in [-0.2, -0.15) is 0 Å². The number of carbonyl (C=O) groups excluding carboxylic acids is 2. The normalized spacial score (nSPS) is 16.6. The van der Waals surface area contributed by atoms with Crippen LogP contribution in [0.2, 0.25) is 0 Å². The van der Waals surface area contributed by atoms with Gasteiger partial charge in [-0.05, 0) is 55.3 Å². The first-order chi connectivity index (χ1) is 13.7. The largest absolute Gasteiger partial charge is 0.472 e. The van der Waals surface area contributed by atoms with Gasteiger partial charge >= 0.3 is 0 Å². The van der Waals surface area contributed by atoms with Gasteiger partial charge in [-0.3, -0.25) is 9.59 Å². The maximum absolute atomic E-state index is 12.9. The summed E-state index contributed by atoms with van der Waals surface area (Å²) in [5.74, 6) is 1.23. The summed E-state index contributed by atoms with van der Waals surface area (Å²) in [5, 5.41) is 0. The maximum atomic E-state index is 12.9. The first-order valence-electron chi connectivity index (χ1n) is 9.39. The van der Waals surface area contributed by atoms with E-state index < -0.39 is 0 Å². The third kappa shape index (κ3) is 3.98. The standard InChI is InChI=1S/C23H21NO4/c25-22(17-8-10-21(11-9-17)28-20-6-2-1-3-7-20)18-5-4-13-24(15-18)23(26)19-12-14-27-16-19/h1-3,6-12,14,16,18H,4-5,13,15H2/t18-/m1/s1. The molecule has 0 unspecified atom stereocenters. The predicted octanol–water partition coefficient (Wildman–Crippen LogP) is 4.81. The minimum atomic E-state index is -0.189. The van der Waals surface area contributed by atoms with Gasteiger partial charge in [0.05, 0.1) is 11.8 Å². The van der Waals surface area contributed by atoms with Crippen molar-refractivity contribution in [3.63, 3.8) is 0 Å². The molecule has 0 bridgehead atoms. The topological polar surface area (TPSA) is 59.8 Å². The van der Waals surface area contributed by atoms with Crippen LogP contribution < -0.4 is 4.74 Å². The fourth-order valence-corrected chi connectivity index (χ4v) is 3.49. The molecule has 1 aliphatic rings. The summed E-state index contributed by atoms with van der Waals surface area (Å²) in [7, 11) is 0. The van der Waals surface area contributed by atoms with Crippen molar-refractivity contribution in [2.24, 2.45) is 5.92 Å². The van der Waals surface area contributed by atoms with Crippen molar-refractivity contribution < 1.29 is 18.7 Å². The summed E-state index contributed by atoms with van der Waals surface area (Å²) in [4.78, 5) is 27.2. The lowest BCUT2D eigenvalue weighted by molar-refractivity contribution is 0.0636. The second kappa shape index (κ2) is 8.13. The van der Waals surface area contributed by atoms with Gasteiger partial charge in [0.1, 0.15) is 17.8 Å². The maximum Gasteiger partial charge on any atom is 0.257 e. The van der Waals surface area contributed by atoms with E-state index in [0.717, 1.165) is 18.6 Å². The molecule has 5 nitrogen and oxygen atoms in total. The van der Waals surface area contributed by atoms with E-state index in [1.165, 1.54) is 12.5 Å². The smallest absolute Gasteiger partial charge is 0.257 e. The number of ketones is 1. The minimum Gasteiger partial charge on any atom is -0.472 e. The number of likely N-dealkylation sites (tertiary alicyclic amines) is 1. The minimum absolute atomic E-state index is 0.0657. The average molecular weight is 375 g/mol. The summed E-state index contributed by atoms with van der Waals surface area (Å²) in [5.41, 5.74) is 1.17.